The molecule has 2 rings (SSSR count). The van der Waals surface area contributed by atoms with Crippen LogP contribution in [0.25, 0.3) is 10.9 Å². The molecule has 4 nitrogen and oxygen atoms in total. The molecule has 1 atom stereocenters. The molecule has 2 aromatic rings. The summed E-state index contributed by atoms with van der Waals surface area (Å²) in [5, 5.41) is 3.64. The summed E-state index contributed by atoms with van der Waals surface area (Å²) >= 11 is 0. The van der Waals surface area contributed by atoms with Crippen LogP contribution in [0.4, 0.5) is 0 Å². The van der Waals surface area contributed by atoms with E-state index < -0.39 is 0 Å². The van der Waals surface area contributed by atoms with Gasteiger partial charge in [0.25, 0.3) is 0 Å². The van der Waals surface area contributed by atoms with Crippen molar-refractivity contribution >= 4 is 16.8 Å². The van der Waals surface area contributed by atoms with Gasteiger partial charge in [0.15, 0.2) is 5.43 Å². The van der Waals surface area contributed by atoms with E-state index in [9.17, 15) is 9.59 Å². The predicted octanol–water partition coefficient (Wildman–Crippen LogP) is 2.53. The average molecular weight is 286 g/mol. The number of nitrogens with one attached hydrogen (secondary N) is 1. The highest BCUT2D eigenvalue weighted by atomic mass is 16.2. The van der Waals surface area contributed by atoms with Crippen LogP contribution < -0.4 is 10.7 Å². The zero-order valence-electron chi connectivity index (χ0n) is 13.1. The second-order valence-electron chi connectivity index (χ2n) is 5.66. The van der Waals surface area contributed by atoms with Crippen molar-refractivity contribution in [2.75, 3.05) is 0 Å². The Morgan fingerprint density at radius 2 is 2.05 bits per heavy atom. The highest BCUT2D eigenvalue weighted by molar-refractivity contribution is 5.85. The van der Waals surface area contributed by atoms with Gasteiger partial charge in [0, 0.05) is 23.7 Å². The Morgan fingerprint density at radius 1 is 1.33 bits per heavy atom. The highest BCUT2D eigenvalue weighted by Gasteiger charge is 2.10. The van der Waals surface area contributed by atoms with Gasteiger partial charge in [-0.15, -0.1) is 0 Å². The number of aromatic nitrogens is 1. The minimum atomic E-state index is -0.0338. The molecule has 21 heavy (non-hydrogen) atoms. The number of amides is 1. The van der Waals surface area contributed by atoms with Gasteiger partial charge in [0.05, 0.1) is 5.52 Å². The Hall–Kier alpha value is -2.10. The zero-order chi connectivity index (χ0) is 15.6. The predicted molar refractivity (Wildman–Crippen MR) is 85.6 cm³/mol. The third-order valence-electron chi connectivity index (χ3n) is 3.75. The topological polar surface area (TPSA) is 51.1 Å². The lowest BCUT2D eigenvalue weighted by molar-refractivity contribution is -0.122. The van der Waals surface area contributed by atoms with Gasteiger partial charge in [-0.05, 0) is 44.4 Å². The first-order valence-electron chi connectivity index (χ1n) is 7.32. The van der Waals surface area contributed by atoms with Crippen molar-refractivity contribution in [3.8, 4) is 0 Å². The minimum absolute atomic E-state index is 0.00100. The fraction of sp³-hybridized carbons (Fsp3) is 0.412. The summed E-state index contributed by atoms with van der Waals surface area (Å²) in [6.45, 7) is 8.17. The summed E-state index contributed by atoms with van der Waals surface area (Å²) < 4.78 is 1.84. The van der Waals surface area contributed by atoms with E-state index in [1.54, 1.807) is 6.20 Å². The van der Waals surface area contributed by atoms with Crippen molar-refractivity contribution in [1.29, 1.82) is 0 Å². The molecule has 0 aliphatic heterocycles. The fourth-order valence-corrected chi connectivity index (χ4v) is 2.53. The SMILES string of the molecule is CC[C@H](C)NC(=O)Cn1ccc(=O)c2c(C)cc(C)cc21. The van der Waals surface area contributed by atoms with E-state index in [0.29, 0.717) is 5.39 Å². The molecular formula is C17H22N2O2. The Balaban J connectivity index is 2.43. The lowest BCUT2D eigenvalue weighted by atomic mass is 10.1. The zero-order valence-corrected chi connectivity index (χ0v) is 13.1. The Bertz CT molecular complexity index is 731. The van der Waals surface area contributed by atoms with Crippen molar-refractivity contribution in [1.82, 2.24) is 9.88 Å². The largest absolute Gasteiger partial charge is 0.352 e. The summed E-state index contributed by atoms with van der Waals surface area (Å²) in [4.78, 5) is 24.1. The molecule has 1 N–H and O–H groups in total. The maximum atomic E-state index is 12.1. The van der Waals surface area contributed by atoms with Crippen molar-refractivity contribution in [2.24, 2.45) is 0 Å². The van der Waals surface area contributed by atoms with E-state index in [-0.39, 0.29) is 23.9 Å². The van der Waals surface area contributed by atoms with E-state index in [1.165, 1.54) is 6.07 Å². The molecule has 0 saturated carbocycles. The molecule has 4 heteroatoms. The number of aryl methyl sites for hydroxylation is 2. The second-order valence-corrected chi connectivity index (χ2v) is 5.66. The summed E-state index contributed by atoms with van der Waals surface area (Å²) in [5.74, 6) is -0.0338. The molecule has 112 valence electrons. The van der Waals surface area contributed by atoms with Gasteiger partial charge in [-0.1, -0.05) is 13.0 Å². The van der Waals surface area contributed by atoms with Crippen LogP contribution in [0.15, 0.2) is 29.2 Å². The first-order chi connectivity index (χ1) is 9.92. The Kier molecular flexibility index (Phi) is 4.46. The van der Waals surface area contributed by atoms with Gasteiger partial charge in [0.2, 0.25) is 5.91 Å². The van der Waals surface area contributed by atoms with E-state index >= 15 is 0 Å². The number of hydrogen-bond donors (Lipinski definition) is 1. The minimum Gasteiger partial charge on any atom is -0.352 e. The maximum absolute atomic E-state index is 12.1. The van der Waals surface area contributed by atoms with Crippen LogP contribution >= 0.6 is 0 Å². The number of nitrogens with zero attached hydrogens (tertiary/aromatic N) is 1. The van der Waals surface area contributed by atoms with Crippen LogP contribution in [0, 0.1) is 13.8 Å². The second kappa shape index (κ2) is 6.12. The third kappa shape index (κ3) is 3.32. The lowest BCUT2D eigenvalue weighted by Crippen LogP contribution is -2.34. The molecule has 1 aromatic carbocycles. The molecule has 0 saturated heterocycles. The molecular weight excluding hydrogens is 264 g/mol. The number of carbonyl (C=O) groups is 1. The van der Waals surface area contributed by atoms with E-state index in [2.05, 4.69) is 5.32 Å². The normalized spacial score (nSPS) is 12.4. The van der Waals surface area contributed by atoms with Crippen molar-refractivity contribution in [2.45, 2.75) is 46.7 Å². The molecule has 0 spiro atoms. The number of rotatable bonds is 4. The maximum Gasteiger partial charge on any atom is 0.240 e. The Morgan fingerprint density at radius 3 is 2.71 bits per heavy atom. The molecule has 1 aromatic heterocycles. The van der Waals surface area contributed by atoms with Gasteiger partial charge in [-0.25, -0.2) is 0 Å². The van der Waals surface area contributed by atoms with Gasteiger partial charge in [-0.3, -0.25) is 9.59 Å². The first kappa shape index (κ1) is 15.3. The highest BCUT2D eigenvalue weighted by Crippen LogP contribution is 2.17. The van der Waals surface area contributed by atoms with E-state index in [0.717, 1.165) is 23.1 Å². The molecule has 0 aliphatic rings. The summed E-state index contributed by atoms with van der Waals surface area (Å²) in [7, 11) is 0. The van der Waals surface area contributed by atoms with Gasteiger partial charge in [-0.2, -0.15) is 0 Å². The van der Waals surface area contributed by atoms with Gasteiger partial charge >= 0.3 is 0 Å². The first-order valence-corrected chi connectivity index (χ1v) is 7.32. The monoisotopic (exact) mass is 286 g/mol. The van der Waals surface area contributed by atoms with Gasteiger partial charge < -0.3 is 9.88 Å². The number of fused-ring (bicyclic) bond motifs is 1. The van der Waals surface area contributed by atoms with Crippen LogP contribution in [-0.4, -0.2) is 16.5 Å². The molecule has 1 amide bonds. The Labute approximate surface area is 124 Å². The molecule has 0 radical (unpaired) electrons. The van der Waals surface area contributed by atoms with E-state index in [1.807, 2.05) is 44.4 Å². The van der Waals surface area contributed by atoms with E-state index in [4.69, 9.17) is 0 Å². The lowest BCUT2D eigenvalue weighted by Gasteiger charge is -2.15. The number of benzene rings is 1. The summed E-state index contributed by atoms with van der Waals surface area (Å²) in [6, 6.07) is 5.64. The van der Waals surface area contributed by atoms with Crippen molar-refractivity contribution < 1.29 is 4.79 Å². The molecule has 0 aliphatic carbocycles. The summed E-state index contributed by atoms with van der Waals surface area (Å²) in [5.41, 5.74) is 2.86. The summed E-state index contributed by atoms with van der Waals surface area (Å²) in [6.07, 6.45) is 2.59. The van der Waals surface area contributed by atoms with Crippen LogP contribution in [0.5, 0.6) is 0 Å². The molecule has 0 bridgehead atoms. The van der Waals surface area contributed by atoms with Crippen LogP contribution in [0.2, 0.25) is 0 Å². The standard InChI is InChI=1S/C17H22N2O2/c1-5-13(4)18-16(21)10-19-7-6-15(20)17-12(3)8-11(2)9-14(17)19/h6-9,13H,5,10H2,1-4H3,(H,18,21)/t13-/m0/s1. The number of carbonyl (C=O) groups excluding carboxylic acids is 1. The smallest absolute Gasteiger partial charge is 0.240 e. The van der Waals surface area contributed by atoms with Gasteiger partial charge in [0.1, 0.15) is 6.54 Å². The van der Waals surface area contributed by atoms with Crippen molar-refractivity contribution in [3.05, 3.63) is 45.7 Å². The van der Waals surface area contributed by atoms with Crippen molar-refractivity contribution in [3.63, 3.8) is 0 Å². The molecule has 0 fully saturated rings. The molecule has 1 heterocycles. The molecule has 0 unspecified atom stereocenters. The average Bonchev–Trinajstić information content (AvgIpc) is 2.41. The number of pyridine rings is 1. The van der Waals surface area contributed by atoms with Crippen LogP contribution in [-0.2, 0) is 11.3 Å². The van der Waals surface area contributed by atoms with Crippen LogP contribution in [0.3, 0.4) is 0 Å². The number of hydrogen-bond acceptors (Lipinski definition) is 2. The third-order valence-corrected chi connectivity index (χ3v) is 3.75. The fourth-order valence-electron chi connectivity index (χ4n) is 2.53. The van der Waals surface area contributed by atoms with Crippen LogP contribution in [0.1, 0.15) is 31.4 Å². The quantitative estimate of drug-likeness (QED) is 0.939.